The SMILES string of the molecule is COC(=O)c1cc2cc(C3CCCCS3(O)O)ccc2s1. The van der Waals surface area contributed by atoms with Gasteiger partial charge in [-0.3, -0.25) is 9.11 Å². The first-order valence-electron chi connectivity index (χ1n) is 6.88. The van der Waals surface area contributed by atoms with Gasteiger partial charge in [0.2, 0.25) is 0 Å². The monoisotopic (exact) mass is 326 g/mol. The summed E-state index contributed by atoms with van der Waals surface area (Å²) in [5.74, 6) is 0.159. The normalized spacial score (nSPS) is 22.9. The minimum Gasteiger partial charge on any atom is -0.465 e. The van der Waals surface area contributed by atoms with Crippen LogP contribution in [0.15, 0.2) is 24.3 Å². The average molecular weight is 326 g/mol. The van der Waals surface area contributed by atoms with Crippen molar-refractivity contribution in [3.05, 3.63) is 34.7 Å². The Morgan fingerprint density at radius 1 is 1.33 bits per heavy atom. The second-order valence-electron chi connectivity index (χ2n) is 5.31. The molecule has 1 aliphatic rings. The van der Waals surface area contributed by atoms with Crippen LogP contribution in [0.4, 0.5) is 0 Å². The van der Waals surface area contributed by atoms with Gasteiger partial charge < -0.3 is 4.74 Å². The molecule has 6 heteroatoms. The van der Waals surface area contributed by atoms with E-state index in [1.54, 1.807) is 0 Å². The quantitative estimate of drug-likeness (QED) is 0.787. The van der Waals surface area contributed by atoms with Crippen molar-refractivity contribution in [1.82, 2.24) is 0 Å². The van der Waals surface area contributed by atoms with Crippen molar-refractivity contribution < 1.29 is 18.6 Å². The van der Waals surface area contributed by atoms with Crippen LogP contribution in [0, 0.1) is 0 Å². The summed E-state index contributed by atoms with van der Waals surface area (Å²) < 4.78 is 26.3. The maximum atomic E-state index is 11.6. The molecule has 1 unspecified atom stereocenters. The molecule has 21 heavy (non-hydrogen) atoms. The number of carbonyl (C=O) groups excluding carboxylic acids is 1. The predicted molar refractivity (Wildman–Crippen MR) is 87.5 cm³/mol. The van der Waals surface area contributed by atoms with Crippen LogP contribution >= 0.6 is 21.9 Å². The van der Waals surface area contributed by atoms with Gasteiger partial charge >= 0.3 is 5.97 Å². The van der Waals surface area contributed by atoms with Crippen molar-refractivity contribution in [2.45, 2.75) is 24.5 Å². The Bertz CT molecular complexity index is 677. The topological polar surface area (TPSA) is 66.8 Å². The van der Waals surface area contributed by atoms with Crippen molar-refractivity contribution >= 4 is 38.0 Å². The summed E-state index contributed by atoms with van der Waals surface area (Å²) in [4.78, 5) is 12.2. The van der Waals surface area contributed by atoms with E-state index in [1.807, 2.05) is 24.3 Å². The minimum absolute atomic E-state index is 0.183. The van der Waals surface area contributed by atoms with Gasteiger partial charge in [-0.25, -0.2) is 4.79 Å². The Hall–Kier alpha value is -1.08. The number of ether oxygens (including phenoxy) is 1. The van der Waals surface area contributed by atoms with Gasteiger partial charge in [-0.1, -0.05) is 6.07 Å². The summed E-state index contributed by atoms with van der Waals surface area (Å²) in [5, 5.41) is 0.774. The van der Waals surface area contributed by atoms with E-state index in [0.29, 0.717) is 10.6 Å². The van der Waals surface area contributed by atoms with Crippen LogP contribution in [0.5, 0.6) is 0 Å². The van der Waals surface area contributed by atoms with E-state index in [9.17, 15) is 13.9 Å². The molecule has 0 saturated carbocycles. The minimum atomic E-state index is -2.55. The number of fused-ring (bicyclic) bond motifs is 1. The summed E-state index contributed by atoms with van der Waals surface area (Å²) in [7, 11) is -1.18. The molecule has 1 fully saturated rings. The fourth-order valence-electron chi connectivity index (χ4n) is 2.82. The molecule has 0 bridgehead atoms. The lowest BCUT2D eigenvalue weighted by Crippen LogP contribution is -2.18. The maximum absolute atomic E-state index is 11.6. The molecular formula is C15H18O4S2. The molecule has 2 heterocycles. The molecule has 2 aromatic rings. The first-order valence-corrected chi connectivity index (χ1v) is 9.47. The first-order chi connectivity index (χ1) is 10.0. The average Bonchev–Trinajstić information content (AvgIpc) is 2.89. The van der Waals surface area contributed by atoms with Crippen LogP contribution < -0.4 is 0 Å². The third kappa shape index (κ3) is 2.81. The molecule has 1 atom stereocenters. The van der Waals surface area contributed by atoms with Crippen LogP contribution in [-0.4, -0.2) is 27.9 Å². The molecule has 0 aliphatic carbocycles. The third-order valence-electron chi connectivity index (χ3n) is 3.92. The van der Waals surface area contributed by atoms with Gasteiger partial charge in [0.25, 0.3) is 0 Å². The van der Waals surface area contributed by atoms with E-state index in [0.717, 1.165) is 34.9 Å². The van der Waals surface area contributed by atoms with Gasteiger partial charge in [-0.05, 0) is 48.4 Å². The highest BCUT2D eigenvalue weighted by molar-refractivity contribution is 8.24. The second-order valence-corrected chi connectivity index (χ2v) is 8.80. The number of hydrogen-bond donors (Lipinski definition) is 2. The third-order valence-corrected chi connectivity index (χ3v) is 7.32. The number of thiophene rings is 1. The molecule has 4 nitrogen and oxygen atoms in total. The first kappa shape index (κ1) is 14.8. The van der Waals surface area contributed by atoms with Crippen molar-refractivity contribution in [3.8, 4) is 0 Å². The van der Waals surface area contributed by atoms with Crippen molar-refractivity contribution in [2.75, 3.05) is 12.9 Å². The summed E-state index contributed by atoms with van der Waals surface area (Å²) in [6, 6.07) is 7.68. The van der Waals surface area contributed by atoms with Crippen LogP contribution in [0.25, 0.3) is 10.1 Å². The Kier molecular flexibility index (Phi) is 3.96. The van der Waals surface area contributed by atoms with Crippen LogP contribution in [0.1, 0.15) is 39.7 Å². The van der Waals surface area contributed by atoms with Gasteiger partial charge in [0, 0.05) is 10.5 Å². The number of methoxy groups -OCH3 is 1. The summed E-state index contributed by atoms with van der Waals surface area (Å²) in [5.41, 5.74) is 0.955. The highest BCUT2D eigenvalue weighted by Gasteiger charge is 2.30. The largest absolute Gasteiger partial charge is 0.465 e. The lowest BCUT2D eigenvalue weighted by molar-refractivity contribution is 0.0606. The van der Waals surface area contributed by atoms with Gasteiger partial charge in [-0.15, -0.1) is 11.3 Å². The lowest BCUT2D eigenvalue weighted by Gasteiger charge is -2.44. The summed E-state index contributed by atoms with van der Waals surface area (Å²) in [6.07, 6.45) is 2.71. The Balaban J connectivity index is 1.98. The molecule has 114 valence electrons. The smallest absolute Gasteiger partial charge is 0.348 e. The van der Waals surface area contributed by atoms with Gasteiger partial charge in [-0.2, -0.15) is 10.6 Å². The zero-order valence-corrected chi connectivity index (χ0v) is 13.4. The van der Waals surface area contributed by atoms with Crippen molar-refractivity contribution in [1.29, 1.82) is 0 Å². The molecule has 1 saturated heterocycles. The molecule has 1 aromatic heterocycles. The molecule has 0 radical (unpaired) electrons. The number of esters is 1. The second kappa shape index (κ2) is 5.61. The van der Waals surface area contributed by atoms with Crippen molar-refractivity contribution in [2.24, 2.45) is 0 Å². The highest BCUT2D eigenvalue weighted by Crippen LogP contribution is 2.59. The van der Waals surface area contributed by atoms with E-state index in [4.69, 9.17) is 4.74 Å². The Morgan fingerprint density at radius 3 is 2.86 bits per heavy atom. The standard InChI is InChI=1S/C15H18O4S2/c1-19-15(16)13-9-11-8-10(5-6-12(11)20-13)14-4-2-3-7-21(14,17)18/h5-6,8-9,14,17-18H,2-4,7H2,1H3. The van der Waals surface area contributed by atoms with E-state index < -0.39 is 10.6 Å². The molecule has 1 aliphatic heterocycles. The number of benzene rings is 1. The van der Waals surface area contributed by atoms with E-state index >= 15 is 0 Å². The Morgan fingerprint density at radius 2 is 2.14 bits per heavy atom. The van der Waals surface area contributed by atoms with Crippen LogP contribution in [-0.2, 0) is 4.74 Å². The van der Waals surface area contributed by atoms with Crippen molar-refractivity contribution in [3.63, 3.8) is 0 Å². The number of carbonyl (C=O) groups is 1. The zero-order chi connectivity index (χ0) is 15.0. The van der Waals surface area contributed by atoms with Crippen LogP contribution in [0.3, 0.4) is 0 Å². The summed E-state index contributed by atoms with van der Waals surface area (Å²) >= 11 is 1.39. The summed E-state index contributed by atoms with van der Waals surface area (Å²) in [6.45, 7) is 0. The lowest BCUT2D eigenvalue weighted by atomic mass is 10.0. The number of rotatable bonds is 2. The number of hydrogen-bond acceptors (Lipinski definition) is 5. The fraction of sp³-hybridized carbons (Fsp3) is 0.400. The molecule has 3 rings (SSSR count). The molecule has 1 aromatic carbocycles. The fourth-order valence-corrected chi connectivity index (χ4v) is 5.82. The molecular weight excluding hydrogens is 308 g/mol. The van der Waals surface area contributed by atoms with E-state index in [2.05, 4.69) is 0 Å². The molecule has 0 spiro atoms. The molecule has 2 N–H and O–H groups in total. The molecule has 0 amide bonds. The Labute approximate surface area is 129 Å². The van der Waals surface area contributed by atoms with Gasteiger partial charge in [0.1, 0.15) is 4.88 Å². The highest BCUT2D eigenvalue weighted by atomic mass is 32.3. The van der Waals surface area contributed by atoms with Crippen LogP contribution in [0.2, 0.25) is 0 Å². The van der Waals surface area contributed by atoms with Gasteiger partial charge in [0.15, 0.2) is 0 Å². The maximum Gasteiger partial charge on any atom is 0.348 e. The zero-order valence-electron chi connectivity index (χ0n) is 11.7. The van der Waals surface area contributed by atoms with E-state index in [-0.39, 0.29) is 11.2 Å². The van der Waals surface area contributed by atoms with E-state index in [1.165, 1.54) is 18.4 Å². The van der Waals surface area contributed by atoms with Gasteiger partial charge in [0.05, 0.1) is 12.4 Å². The predicted octanol–water partition coefficient (Wildman–Crippen LogP) is 4.66.